The van der Waals surface area contributed by atoms with Crippen molar-refractivity contribution >= 4 is 23.2 Å². The van der Waals surface area contributed by atoms with Gasteiger partial charge in [0.25, 0.3) is 11.8 Å². The van der Waals surface area contributed by atoms with Crippen LogP contribution in [0.3, 0.4) is 0 Å². The van der Waals surface area contributed by atoms with Crippen LogP contribution in [0.25, 0.3) is 0 Å². The van der Waals surface area contributed by atoms with E-state index < -0.39 is 0 Å². The number of hydrogen-bond acceptors (Lipinski definition) is 4. The Kier molecular flexibility index (Phi) is 4.91. The molecule has 6 nitrogen and oxygen atoms in total. The summed E-state index contributed by atoms with van der Waals surface area (Å²) in [4.78, 5) is 25.3. The number of anilines is 2. The molecular formula is C23H20N2O4. The number of carbonyl (C=O) groups excluding carboxylic acids is 2. The monoisotopic (exact) mass is 388 g/mol. The molecule has 29 heavy (non-hydrogen) atoms. The Morgan fingerprint density at radius 2 is 1.52 bits per heavy atom. The molecule has 1 aliphatic rings. The van der Waals surface area contributed by atoms with Gasteiger partial charge in [-0.2, -0.15) is 0 Å². The zero-order chi connectivity index (χ0) is 20.4. The van der Waals surface area contributed by atoms with E-state index in [0.29, 0.717) is 28.3 Å². The lowest BCUT2D eigenvalue weighted by atomic mass is 10.1. The van der Waals surface area contributed by atoms with Gasteiger partial charge in [-0.3, -0.25) is 9.59 Å². The maximum Gasteiger partial charge on any atom is 0.255 e. The summed E-state index contributed by atoms with van der Waals surface area (Å²) in [6, 6.07) is 17.6. The SMILES string of the molecule is Cc1ccc(NC(=O)c2cccc(C(=O)Nc3ccc4c(c3)OCO4)c2)c(C)c1. The first-order chi connectivity index (χ1) is 14.0. The van der Waals surface area contributed by atoms with Crippen molar-refractivity contribution in [3.05, 3.63) is 82.9 Å². The lowest BCUT2D eigenvalue weighted by molar-refractivity contribution is 0.102. The Labute approximate surface area is 168 Å². The molecule has 0 spiro atoms. The van der Waals surface area contributed by atoms with Gasteiger partial charge in [0.1, 0.15) is 0 Å². The van der Waals surface area contributed by atoms with Crippen LogP contribution in [0.15, 0.2) is 60.7 Å². The molecule has 3 aromatic carbocycles. The highest BCUT2D eigenvalue weighted by Gasteiger charge is 2.16. The van der Waals surface area contributed by atoms with Crippen molar-refractivity contribution in [3.8, 4) is 11.5 Å². The van der Waals surface area contributed by atoms with Gasteiger partial charge < -0.3 is 20.1 Å². The van der Waals surface area contributed by atoms with Gasteiger partial charge in [0, 0.05) is 28.6 Å². The Morgan fingerprint density at radius 3 is 2.28 bits per heavy atom. The van der Waals surface area contributed by atoms with Gasteiger partial charge in [0.05, 0.1) is 0 Å². The Bertz CT molecular complexity index is 1110. The van der Waals surface area contributed by atoms with Gasteiger partial charge in [-0.1, -0.05) is 23.8 Å². The molecule has 2 amide bonds. The van der Waals surface area contributed by atoms with Crippen molar-refractivity contribution < 1.29 is 19.1 Å². The summed E-state index contributed by atoms with van der Waals surface area (Å²) in [7, 11) is 0. The predicted octanol–water partition coefficient (Wildman–Crippen LogP) is 4.54. The molecule has 6 heteroatoms. The van der Waals surface area contributed by atoms with E-state index in [1.54, 1.807) is 42.5 Å². The van der Waals surface area contributed by atoms with Gasteiger partial charge >= 0.3 is 0 Å². The van der Waals surface area contributed by atoms with E-state index in [-0.39, 0.29) is 18.6 Å². The van der Waals surface area contributed by atoms with E-state index in [1.165, 1.54) is 0 Å². The molecule has 146 valence electrons. The number of hydrogen-bond donors (Lipinski definition) is 2. The maximum atomic E-state index is 12.6. The molecule has 4 rings (SSSR count). The number of ether oxygens (including phenoxy) is 2. The second kappa shape index (κ2) is 7.67. The number of carbonyl (C=O) groups is 2. The smallest absolute Gasteiger partial charge is 0.255 e. The van der Waals surface area contributed by atoms with Crippen LogP contribution in [0.4, 0.5) is 11.4 Å². The third-order valence-corrected chi connectivity index (χ3v) is 4.65. The second-order valence-electron chi connectivity index (χ2n) is 6.88. The van der Waals surface area contributed by atoms with Crippen molar-refractivity contribution in [2.75, 3.05) is 17.4 Å². The zero-order valence-electron chi connectivity index (χ0n) is 16.1. The minimum atomic E-state index is -0.315. The number of aryl methyl sites for hydroxylation is 2. The van der Waals surface area contributed by atoms with Crippen molar-refractivity contribution in [1.82, 2.24) is 0 Å². The van der Waals surface area contributed by atoms with Gasteiger partial charge in [-0.05, 0) is 55.8 Å². The second-order valence-corrected chi connectivity index (χ2v) is 6.88. The van der Waals surface area contributed by atoms with E-state index in [4.69, 9.17) is 9.47 Å². The summed E-state index contributed by atoms with van der Waals surface area (Å²) in [6.07, 6.45) is 0. The molecule has 0 aliphatic carbocycles. The molecule has 2 N–H and O–H groups in total. The quantitative estimate of drug-likeness (QED) is 0.688. The fraction of sp³-hybridized carbons (Fsp3) is 0.130. The zero-order valence-corrected chi connectivity index (χ0v) is 16.1. The summed E-state index contributed by atoms with van der Waals surface area (Å²) < 4.78 is 10.6. The first-order valence-electron chi connectivity index (χ1n) is 9.19. The van der Waals surface area contributed by atoms with Crippen LogP contribution in [0.2, 0.25) is 0 Å². The molecule has 0 radical (unpaired) electrons. The third kappa shape index (κ3) is 4.06. The molecule has 0 unspecified atom stereocenters. The van der Waals surface area contributed by atoms with Crippen LogP contribution in [0, 0.1) is 13.8 Å². The summed E-state index contributed by atoms with van der Waals surface area (Å²) >= 11 is 0. The summed E-state index contributed by atoms with van der Waals surface area (Å²) in [5.41, 5.74) is 4.23. The van der Waals surface area contributed by atoms with Crippen molar-refractivity contribution in [3.63, 3.8) is 0 Å². The molecule has 0 fully saturated rings. The molecule has 0 aromatic heterocycles. The first-order valence-corrected chi connectivity index (χ1v) is 9.19. The van der Waals surface area contributed by atoms with E-state index in [2.05, 4.69) is 10.6 Å². The lowest BCUT2D eigenvalue weighted by Crippen LogP contribution is -2.16. The Balaban J connectivity index is 1.49. The number of amides is 2. The number of benzene rings is 3. The first kappa shape index (κ1) is 18.6. The highest BCUT2D eigenvalue weighted by atomic mass is 16.7. The summed E-state index contributed by atoms with van der Waals surface area (Å²) in [6.45, 7) is 4.11. The fourth-order valence-corrected chi connectivity index (χ4v) is 3.13. The van der Waals surface area contributed by atoms with Crippen LogP contribution < -0.4 is 20.1 Å². The van der Waals surface area contributed by atoms with Gasteiger partial charge in [0.15, 0.2) is 11.5 Å². The number of fused-ring (bicyclic) bond motifs is 1. The lowest BCUT2D eigenvalue weighted by Gasteiger charge is -2.10. The van der Waals surface area contributed by atoms with Crippen LogP contribution in [-0.4, -0.2) is 18.6 Å². The average molecular weight is 388 g/mol. The van der Waals surface area contributed by atoms with Crippen molar-refractivity contribution in [1.29, 1.82) is 0 Å². The molecule has 0 bridgehead atoms. The minimum absolute atomic E-state index is 0.171. The van der Waals surface area contributed by atoms with Crippen LogP contribution in [0.1, 0.15) is 31.8 Å². The molecule has 1 heterocycles. The Morgan fingerprint density at radius 1 is 0.793 bits per heavy atom. The van der Waals surface area contributed by atoms with Gasteiger partial charge in [0.2, 0.25) is 6.79 Å². The van der Waals surface area contributed by atoms with E-state index >= 15 is 0 Å². The molecule has 0 saturated heterocycles. The van der Waals surface area contributed by atoms with Crippen molar-refractivity contribution in [2.24, 2.45) is 0 Å². The van der Waals surface area contributed by atoms with Gasteiger partial charge in [-0.15, -0.1) is 0 Å². The highest BCUT2D eigenvalue weighted by molar-refractivity contribution is 6.09. The molecular weight excluding hydrogens is 368 g/mol. The maximum absolute atomic E-state index is 12.6. The topological polar surface area (TPSA) is 76.7 Å². The standard InChI is InChI=1S/C23H20N2O4/c1-14-6-8-19(15(2)10-14)25-23(27)17-5-3-4-16(11-17)22(26)24-18-7-9-20-21(12-18)29-13-28-20/h3-12H,13H2,1-2H3,(H,24,26)(H,25,27). The van der Waals surface area contributed by atoms with E-state index in [0.717, 1.165) is 16.8 Å². The fourth-order valence-electron chi connectivity index (χ4n) is 3.13. The number of nitrogens with one attached hydrogen (secondary N) is 2. The largest absolute Gasteiger partial charge is 0.454 e. The Hall–Kier alpha value is -3.80. The van der Waals surface area contributed by atoms with Crippen LogP contribution >= 0.6 is 0 Å². The van der Waals surface area contributed by atoms with Gasteiger partial charge in [-0.25, -0.2) is 0 Å². The molecule has 0 saturated carbocycles. The van der Waals surface area contributed by atoms with Crippen LogP contribution in [0.5, 0.6) is 11.5 Å². The molecule has 0 atom stereocenters. The van der Waals surface area contributed by atoms with Crippen molar-refractivity contribution in [2.45, 2.75) is 13.8 Å². The average Bonchev–Trinajstić information content (AvgIpc) is 3.18. The normalized spacial score (nSPS) is 11.8. The summed E-state index contributed by atoms with van der Waals surface area (Å²) in [5.74, 6) is 0.650. The minimum Gasteiger partial charge on any atom is -0.454 e. The molecule has 1 aliphatic heterocycles. The number of rotatable bonds is 4. The summed E-state index contributed by atoms with van der Waals surface area (Å²) in [5, 5.41) is 5.71. The van der Waals surface area contributed by atoms with E-state index in [1.807, 2.05) is 32.0 Å². The van der Waals surface area contributed by atoms with Crippen LogP contribution in [-0.2, 0) is 0 Å². The molecule has 3 aromatic rings. The third-order valence-electron chi connectivity index (χ3n) is 4.65. The predicted molar refractivity (Wildman–Crippen MR) is 111 cm³/mol. The van der Waals surface area contributed by atoms with E-state index in [9.17, 15) is 9.59 Å². The highest BCUT2D eigenvalue weighted by Crippen LogP contribution is 2.34.